The van der Waals surface area contributed by atoms with Crippen molar-refractivity contribution < 1.29 is 14.7 Å². The normalized spacial score (nSPS) is 10.9. The topological polar surface area (TPSA) is 91.3 Å². The van der Waals surface area contributed by atoms with Crippen LogP contribution in [-0.4, -0.2) is 27.6 Å². The second-order valence-corrected chi connectivity index (χ2v) is 5.05. The van der Waals surface area contributed by atoms with E-state index in [2.05, 4.69) is 15.6 Å². The van der Waals surface area contributed by atoms with Crippen molar-refractivity contribution in [3.8, 4) is 0 Å². The van der Waals surface area contributed by atoms with Gasteiger partial charge >= 0.3 is 12.0 Å². The molecule has 0 radical (unpaired) electrons. The second-order valence-electron chi connectivity index (χ2n) is 5.05. The molecule has 0 aliphatic carbocycles. The van der Waals surface area contributed by atoms with Gasteiger partial charge in [-0.25, -0.2) is 4.79 Å². The van der Waals surface area contributed by atoms with Crippen LogP contribution in [-0.2, 0) is 4.79 Å². The number of amides is 2. The number of hydrogen-bond acceptors (Lipinski definition) is 3. The van der Waals surface area contributed by atoms with Crippen LogP contribution >= 0.6 is 0 Å². The van der Waals surface area contributed by atoms with Gasteiger partial charge in [-0.2, -0.15) is 0 Å². The Morgan fingerprint density at radius 1 is 1.42 bits per heavy atom. The monoisotopic (exact) mass is 265 g/mol. The number of aryl methyl sites for hydroxylation is 1. The third kappa shape index (κ3) is 5.37. The number of urea groups is 1. The maximum atomic E-state index is 11.8. The van der Waals surface area contributed by atoms with Crippen molar-refractivity contribution in [1.82, 2.24) is 10.3 Å². The van der Waals surface area contributed by atoms with Gasteiger partial charge in [0.2, 0.25) is 0 Å². The molecule has 0 aromatic carbocycles. The van der Waals surface area contributed by atoms with E-state index in [1.165, 1.54) is 0 Å². The predicted molar refractivity (Wildman–Crippen MR) is 72.1 cm³/mol. The van der Waals surface area contributed by atoms with Crippen LogP contribution < -0.4 is 10.6 Å². The fourth-order valence-electron chi connectivity index (χ4n) is 1.54. The van der Waals surface area contributed by atoms with Crippen LogP contribution in [0.5, 0.6) is 0 Å². The number of carbonyl (C=O) groups is 2. The maximum absolute atomic E-state index is 11.8. The van der Waals surface area contributed by atoms with Gasteiger partial charge in [-0.15, -0.1) is 0 Å². The quantitative estimate of drug-likeness (QED) is 0.760. The first-order chi connectivity index (χ1) is 8.80. The molecule has 19 heavy (non-hydrogen) atoms. The van der Waals surface area contributed by atoms with E-state index in [1.54, 1.807) is 32.3 Å². The minimum atomic E-state index is -0.876. The molecule has 2 amide bonds. The van der Waals surface area contributed by atoms with E-state index in [9.17, 15) is 9.59 Å². The smallest absolute Gasteiger partial charge is 0.319 e. The Balaban J connectivity index is 2.55. The largest absolute Gasteiger partial charge is 0.481 e. The highest BCUT2D eigenvalue weighted by atomic mass is 16.4. The van der Waals surface area contributed by atoms with Gasteiger partial charge in [-0.05, 0) is 38.8 Å². The Morgan fingerprint density at radius 2 is 2.11 bits per heavy atom. The van der Waals surface area contributed by atoms with Crippen LogP contribution in [0.4, 0.5) is 10.5 Å². The number of aliphatic carboxylic acids is 1. The molecule has 6 nitrogen and oxygen atoms in total. The number of pyridine rings is 1. The molecule has 1 aromatic rings. The van der Waals surface area contributed by atoms with Gasteiger partial charge in [0.05, 0.1) is 11.9 Å². The third-order valence-corrected chi connectivity index (χ3v) is 2.70. The molecule has 1 rings (SSSR count). The number of nitrogens with zero attached hydrogens (tertiary/aromatic N) is 1. The first kappa shape index (κ1) is 14.9. The molecule has 0 fully saturated rings. The number of nitrogens with one attached hydrogen (secondary N) is 2. The third-order valence-electron chi connectivity index (χ3n) is 2.70. The first-order valence-corrected chi connectivity index (χ1v) is 6.02. The van der Waals surface area contributed by atoms with E-state index in [1.807, 2.05) is 6.92 Å². The minimum Gasteiger partial charge on any atom is -0.481 e. The van der Waals surface area contributed by atoms with Crippen molar-refractivity contribution in [3.63, 3.8) is 0 Å². The summed E-state index contributed by atoms with van der Waals surface area (Å²) in [5.74, 6) is -0.876. The van der Waals surface area contributed by atoms with E-state index in [4.69, 9.17) is 5.11 Å². The van der Waals surface area contributed by atoms with Crippen LogP contribution in [0.15, 0.2) is 18.5 Å². The summed E-state index contributed by atoms with van der Waals surface area (Å²) in [6, 6.07) is 1.43. The average molecular weight is 265 g/mol. The molecule has 3 N–H and O–H groups in total. The molecule has 0 spiro atoms. The van der Waals surface area contributed by atoms with Crippen LogP contribution in [0, 0.1) is 6.92 Å². The number of carbonyl (C=O) groups excluding carboxylic acids is 1. The fraction of sp³-hybridized carbons (Fsp3) is 0.462. The lowest BCUT2D eigenvalue weighted by atomic mass is 9.99. The van der Waals surface area contributed by atoms with Gasteiger partial charge < -0.3 is 15.7 Å². The van der Waals surface area contributed by atoms with Crippen LogP contribution in [0.3, 0.4) is 0 Å². The Morgan fingerprint density at radius 3 is 2.68 bits per heavy atom. The van der Waals surface area contributed by atoms with E-state index >= 15 is 0 Å². The molecule has 0 atom stereocenters. The van der Waals surface area contributed by atoms with Gasteiger partial charge in [-0.3, -0.25) is 9.78 Å². The minimum absolute atomic E-state index is 0.0131. The zero-order valence-corrected chi connectivity index (χ0v) is 11.4. The summed E-state index contributed by atoms with van der Waals surface area (Å²) in [5.41, 5.74) is 0.959. The standard InChI is InChI=1S/C13H19N3O3/c1-9-5-7-14-8-10(9)15-12(19)16-13(2,3)6-4-11(17)18/h5,7-8H,4,6H2,1-3H3,(H,17,18)(H2,15,16,19). The SMILES string of the molecule is Cc1ccncc1NC(=O)NC(C)(C)CCC(=O)O. The van der Waals surface area contributed by atoms with E-state index in [-0.39, 0.29) is 12.5 Å². The number of carboxylic acids is 1. The average Bonchev–Trinajstić information content (AvgIpc) is 2.29. The molecule has 0 saturated heterocycles. The van der Waals surface area contributed by atoms with Crippen molar-refractivity contribution in [3.05, 3.63) is 24.0 Å². The van der Waals surface area contributed by atoms with Gasteiger partial charge in [0.15, 0.2) is 0 Å². The number of rotatable bonds is 5. The van der Waals surface area contributed by atoms with Crippen molar-refractivity contribution >= 4 is 17.7 Å². The zero-order valence-electron chi connectivity index (χ0n) is 11.4. The molecule has 0 saturated carbocycles. The van der Waals surface area contributed by atoms with E-state index in [0.717, 1.165) is 5.56 Å². The number of carboxylic acid groups (broad SMARTS) is 1. The predicted octanol–water partition coefficient (Wildman–Crippen LogP) is 2.15. The van der Waals surface area contributed by atoms with Gasteiger partial charge in [0, 0.05) is 18.2 Å². The molecule has 6 heteroatoms. The Labute approximate surface area is 112 Å². The molecular formula is C13H19N3O3. The summed E-state index contributed by atoms with van der Waals surface area (Å²) < 4.78 is 0. The second kappa shape index (κ2) is 6.17. The Kier molecular flexibility index (Phi) is 4.86. The Bertz CT molecular complexity index is 472. The van der Waals surface area contributed by atoms with Crippen LogP contribution in [0.25, 0.3) is 0 Å². The molecule has 104 valence electrons. The molecule has 0 bridgehead atoms. The van der Waals surface area contributed by atoms with Crippen molar-refractivity contribution in [1.29, 1.82) is 0 Å². The van der Waals surface area contributed by atoms with Gasteiger partial charge in [0.1, 0.15) is 0 Å². The summed E-state index contributed by atoms with van der Waals surface area (Å²) in [4.78, 5) is 26.3. The van der Waals surface area contributed by atoms with Gasteiger partial charge in [-0.1, -0.05) is 0 Å². The van der Waals surface area contributed by atoms with Crippen LogP contribution in [0.2, 0.25) is 0 Å². The summed E-state index contributed by atoms with van der Waals surface area (Å²) in [7, 11) is 0. The molecule has 0 aliphatic rings. The molecule has 0 unspecified atom stereocenters. The number of hydrogen-bond donors (Lipinski definition) is 3. The lowest BCUT2D eigenvalue weighted by Crippen LogP contribution is -2.45. The van der Waals surface area contributed by atoms with E-state index < -0.39 is 11.5 Å². The number of aromatic nitrogens is 1. The highest BCUT2D eigenvalue weighted by molar-refractivity contribution is 5.90. The fourth-order valence-corrected chi connectivity index (χ4v) is 1.54. The lowest BCUT2D eigenvalue weighted by Gasteiger charge is -2.25. The van der Waals surface area contributed by atoms with Crippen molar-refractivity contribution in [2.75, 3.05) is 5.32 Å². The summed E-state index contributed by atoms with van der Waals surface area (Å²) >= 11 is 0. The summed E-state index contributed by atoms with van der Waals surface area (Å²) in [5, 5.41) is 14.1. The highest BCUT2D eigenvalue weighted by Gasteiger charge is 2.21. The highest BCUT2D eigenvalue weighted by Crippen LogP contribution is 2.14. The Hall–Kier alpha value is -2.11. The van der Waals surface area contributed by atoms with E-state index in [0.29, 0.717) is 12.1 Å². The van der Waals surface area contributed by atoms with Crippen LogP contribution in [0.1, 0.15) is 32.3 Å². The first-order valence-electron chi connectivity index (χ1n) is 6.02. The number of anilines is 1. The summed E-state index contributed by atoms with van der Waals surface area (Å²) in [6.45, 7) is 5.43. The van der Waals surface area contributed by atoms with Gasteiger partial charge in [0.25, 0.3) is 0 Å². The molecular weight excluding hydrogens is 246 g/mol. The molecule has 1 aromatic heterocycles. The van der Waals surface area contributed by atoms with Crippen molar-refractivity contribution in [2.45, 2.75) is 39.2 Å². The summed E-state index contributed by atoms with van der Waals surface area (Å²) in [6.07, 6.45) is 3.59. The maximum Gasteiger partial charge on any atom is 0.319 e. The molecule has 0 aliphatic heterocycles. The van der Waals surface area contributed by atoms with Crippen molar-refractivity contribution in [2.24, 2.45) is 0 Å². The lowest BCUT2D eigenvalue weighted by molar-refractivity contribution is -0.137. The zero-order chi connectivity index (χ0) is 14.5. The molecule has 1 heterocycles.